The van der Waals surface area contributed by atoms with Crippen LogP contribution in [0.5, 0.6) is 0 Å². The number of aromatic nitrogens is 2. The number of halogens is 2. The van der Waals surface area contributed by atoms with Crippen LogP contribution in [0.4, 0.5) is 11.5 Å². The van der Waals surface area contributed by atoms with Crippen molar-refractivity contribution in [3.8, 4) is 0 Å². The van der Waals surface area contributed by atoms with Gasteiger partial charge in [0.15, 0.2) is 0 Å². The standard InChI is InChI=1S/C18H19ClN4O2.ClH/c1-23-8-6-14-16(23)15(18(24)20-7-9-25-2)11-21-17(14)22-13-5-3-4-12(19)10-13;/h3-6,8,10-11H,7,9H2,1-2H3,(H,20,24)(H,21,22);1H. The number of ether oxygens (including phenoxy) is 1. The summed E-state index contributed by atoms with van der Waals surface area (Å²) in [7, 11) is 3.50. The van der Waals surface area contributed by atoms with E-state index in [-0.39, 0.29) is 18.3 Å². The first-order valence-corrected chi connectivity index (χ1v) is 8.21. The van der Waals surface area contributed by atoms with E-state index in [1.807, 2.05) is 48.1 Å². The van der Waals surface area contributed by atoms with Crippen molar-refractivity contribution in [3.05, 3.63) is 53.3 Å². The molecule has 3 rings (SSSR count). The van der Waals surface area contributed by atoms with Gasteiger partial charge in [-0.2, -0.15) is 0 Å². The van der Waals surface area contributed by atoms with Crippen LogP contribution in [0.3, 0.4) is 0 Å². The van der Waals surface area contributed by atoms with Crippen LogP contribution in [0.1, 0.15) is 10.4 Å². The number of nitrogens with one attached hydrogen (secondary N) is 2. The Hall–Kier alpha value is -2.28. The normalized spacial score (nSPS) is 10.4. The van der Waals surface area contributed by atoms with Gasteiger partial charge in [0, 0.05) is 49.2 Å². The van der Waals surface area contributed by atoms with Crippen molar-refractivity contribution in [2.24, 2.45) is 7.05 Å². The van der Waals surface area contributed by atoms with Crippen molar-refractivity contribution >= 4 is 52.3 Å². The zero-order chi connectivity index (χ0) is 17.8. The lowest BCUT2D eigenvalue weighted by Crippen LogP contribution is -2.27. The molecule has 26 heavy (non-hydrogen) atoms. The molecule has 1 aromatic carbocycles. The molecule has 0 spiro atoms. The fourth-order valence-electron chi connectivity index (χ4n) is 2.65. The average Bonchev–Trinajstić information content (AvgIpc) is 2.98. The molecule has 0 fully saturated rings. The first kappa shape index (κ1) is 20.0. The van der Waals surface area contributed by atoms with Crippen molar-refractivity contribution in [2.75, 3.05) is 25.6 Å². The van der Waals surface area contributed by atoms with Gasteiger partial charge in [-0.05, 0) is 24.3 Å². The highest BCUT2D eigenvalue weighted by Crippen LogP contribution is 2.28. The fourth-order valence-corrected chi connectivity index (χ4v) is 2.84. The minimum Gasteiger partial charge on any atom is -0.383 e. The molecule has 0 atom stereocenters. The van der Waals surface area contributed by atoms with E-state index in [9.17, 15) is 4.79 Å². The zero-order valence-electron chi connectivity index (χ0n) is 14.5. The number of hydrogen-bond donors (Lipinski definition) is 2. The van der Waals surface area contributed by atoms with Crippen LogP contribution >= 0.6 is 24.0 Å². The highest BCUT2D eigenvalue weighted by Gasteiger charge is 2.16. The summed E-state index contributed by atoms with van der Waals surface area (Å²) in [6.07, 6.45) is 3.48. The second-order valence-corrected chi connectivity index (χ2v) is 6.03. The van der Waals surface area contributed by atoms with Gasteiger partial charge >= 0.3 is 0 Å². The van der Waals surface area contributed by atoms with Crippen LogP contribution < -0.4 is 10.6 Å². The Bertz CT molecular complexity index is 911. The van der Waals surface area contributed by atoms with Gasteiger partial charge in [0.25, 0.3) is 5.91 Å². The molecule has 2 heterocycles. The summed E-state index contributed by atoms with van der Waals surface area (Å²) in [4.78, 5) is 16.9. The van der Waals surface area contributed by atoms with Gasteiger partial charge in [0.2, 0.25) is 0 Å². The second-order valence-electron chi connectivity index (χ2n) is 5.59. The van der Waals surface area contributed by atoms with E-state index in [0.29, 0.717) is 29.6 Å². The van der Waals surface area contributed by atoms with Crippen LogP contribution in [0.25, 0.3) is 10.9 Å². The molecule has 0 unspecified atom stereocenters. The monoisotopic (exact) mass is 394 g/mol. The van der Waals surface area contributed by atoms with Gasteiger partial charge in [-0.1, -0.05) is 17.7 Å². The highest BCUT2D eigenvalue weighted by molar-refractivity contribution is 6.30. The van der Waals surface area contributed by atoms with Crippen molar-refractivity contribution in [2.45, 2.75) is 0 Å². The third-order valence-corrected chi connectivity index (χ3v) is 4.06. The smallest absolute Gasteiger partial charge is 0.255 e. The number of carbonyl (C=O) groups excluding carboxylic acids is 1. The number of methoxy groups -OCH3 is 1. The Morgan fingerprint density at radius 3 is 2.88 bits per heavy atom. The predicted octanol–water partition coefficient (Wildman–Crippen LogP) is 3.77. The van der Waals surface area contributed by atoms with E-state index in [4.69, 9.17) is 16.3 Å². The molecule has 8 heteroatoms. The molecule has 2 aromatic heterocycles. The molecule has 138 valence electrons. The van der Waals surface area contributed by atoms with Crippen molar-refractivity contribution < 1.29 is 9.53 Å². The number of benzene rings is 1. The molecule has 0 saturated carbocycles. The van der Waals surface area contributed by atoms with Crippen LogP contribution in [-0.2, 0) is 11.8 Å². The fraction of sp³-hybridized carbons (Fsp3) is 0.222. The molecule has 0 aliphatic carbocycles. The number of pyridine rings is 1. The van der Waals surface area contributed by atoms with E-state index >= 15 is 0 Å². The SMILES string of the molecule is COCCNC(=O)c1cnc(Nc2cccc(Cl)c2)c2ccn(C)c12.Cl. The summed E-state index contributed by atoms with van der Waals surface area (Å²) in [5.74, 6) is 0.497. The van der Waals surface area contributed by atoms with Crippen LogP contribution in [0.15, 0.2) is 42.7 Å². The van der Waals surface area contributed by atoms with Crippen molar-refractivity contribution in [3.63, 3.8) is 0 Å². The lowest BCUT2D eigenvalue weighted by Gasteiger charge is -2.11. The van der Waals surface area contributed by atoms with Gasteiger partial charge in [-0.3, -0.25) is 4.79 Å². The number of rotatable bonds is 6. The maximum absolute atomic E-state index is 12.4. The average molecular weight is 395 g/mol. The Kier molecular flexibility index (Phi) is 6.85. The lowest BCUT2D eigenvalue weighted by molar-refractivity contribution is 0.0938. The second kappa shape index (κ2) is 8.89. The number of amides is 1. The third-order valence-electron chi connectivity index (χ3n) is 3.83. The Labute approximate surface area is 162 Å². The first-order chi connectivity index (χ1) is 12.1. The van der Waals surface area contributed by atoms with Crippen LogP contribution in [0, 0.1) is 0 Å². The van der Waals surface area contributed by atoms with Crippen molar-refractivity contribution in [1.29, 1.82) is 0 Å². The molecule has 0 aliphatic rings. The lowest BCUT2D eigenvalue weighted by atomic mass is 10.2. The molecular weight excluding hydrogens is 375 g/mol. The van der Waals surface area contributed by atoms with Crippen molar-refractivity contribution in [1.82, 2.24) is 14.9 Å². The Morgan fingerprint density at radius 2 is 2.15 bits per heavy atom. The summed E-state index contributed by atoms with van der Waals surface area (Å²) in [6.45, 7) is 0.910. The third kappa shape index (κ3) is 4.27. The molecule has 0 radical (unpaired) electrons. The summed E-state index contributed by atoms with van der Waals surface area (Å²) in [6, 6.07) is 9.34. The predicted molar refractivity (Wildman–Crippen MR) is 107 cm³/mol. The minimum atomic E-state index is -0.175. The molecule has 6 nitrogen and oxygen atoms in total. The van der Waals surface area contributed by atoms with E-state index < -0.39 is 0 Å². The highest BCUT2D eigenvalue weighted by atomic mass is 35.5. The van der Waals surface area contributed by atoms with E-state index in [0.717, 1.165) is 16.6 Å². The number of carbonyl (C=O) groups is 1. The number of hydrogen-bond acceptors (Lipinski definition) is 4. The molecule has 0 saturated heterocycles. The van der Waals surface area contributed by atoms with Gasteiger partial charge in [-0.15, -0.1) is 12.4 Å². The summed E-state index contributed by atoms with van der Waals surface area (Å²) < 4.78 is 6.87. The quantitative estimate of drug-likeness (QED) is 0.624. The van der Waals surface area contributed by atoms with Gasteiger partial charge in [-0.25, -0.2) is 4.98 Å². The molecule has 1 amide bonds. The first-order valence-electron chi connectivity index (χ1n) is 7.84. The zero-order valence-corrected chi connectivity index (χ0v) is 16.0. The van der Waals surface area contributed by atoms with Crippen LogP contribution in [-0.4, -0.2) is 35.7 Å². The van der Waals surface area contributed by atoms with Gasteiger partial charge in [0.1, 0.15) is 5.82 Å². The molecule has 3 aromatic rings. The molecule has 2 N–H and O–H groups in total. The molecule has 0 aliphatic heterocycles. The van der Waals surface area contributed by atoms with Gasteiger partial charge < -0.3 is 19.9 Å². The Balaban J connectivity index is 0.00000243. The maximum Gasteiger partial charge on any atom is 0.255 e. The number of aryl methyl sites for hydroxylation is 1. The molecular formula is C18H20Cl2N4O2. The topological polar surface area (TPSA) is 68.2 Å². The molecule has 0 bridgehead atoms. The van der Waals surface area contributed by atoms with E-state index in [2.05, 4.69) is 15.6 Å². The summed E-state index contributed by atoms with van der Waals surface area (Å²) in [5.41, 5.74) is 2.17. The largest absolute Gasteiger partial charge is 0.383 e. The van der Waals surface area contributed by atoms with E-state index in [1.165, 1.54) is 0 Å². The van der Waals surface area contributed by atoms with Crippen LogP contribution in [0.2, 0.25) is 5.02 Å². The van der Waals surface area contributed by atoms with E-state index in [1.54, 1.807) is 13.3 Å². The van der Waals surface area contributed by atoms with Gasteiger partial charge in [0.05, 0.1) is 17.7 Å². The minimum absolute atomic E-state index is 0. The number of fused-ring (bicyclic) bond motifs is 1. The number of nitrogens with zero attached hydrogens (tertiary/aromatic N) is 2. The maximum atomic E-state index is 12.4. The summed E-state index contributed by atoms with van der Waals surface area (Å²) in [5, 5.41) is 7.59. The number of anilines is 2. The summed E-state index contributed by atoms with van der Waals surface area (Å²) >= 11 is 6.03. The Morgan fingerprint density at radius 1 is 1.35 bits per heavy atom.